The standard InChI is InChI=1S/C26H36FN5O4/c1-15-23(22-16(2)32-36-17(22)3)30-25(31-24(15)29-11-10-26(4,5)34-7)20-12-19(8-9-21(20)27)35-14-18(33)13-28-6/h8-9,12,18,28,33H,10-11,13-14H2,1-7H3,(H,29,30,31). The molecule has 0 saturated heterocycles. The third-order valence-corrected chi connectivity index (χ3v) is 6.05. The summed E-state index contributed by atoms with van der Waals surface area (Å²) < 4.78 is 31.6. The van der Waals surface area contributed by atoms with Gasteiger partial charge in [-0.05, 0) is 66.3 Å². The van der Waals surface area contributed by atoms with Gasteiger partial charge in [-0.2, -0.15) is 0 Å². The SMILES string of the molecule is CNCC(O)COc1ccc(F)c(-c2nc(NCCC(C)(C)OC)c(C)c(-c3c(C)noc3C)n2)c1. The molecule has 2 aromatic heterocycles. The number of rotatable bonds is 12. The molecule has 1 atom stereocenters. The van der Waals surface area contributed by atoms with E-state index in [4.69, 9.17) is 19.0 Å². The van der Waals surface area contributed by atoms with E-state index in [1.807, 2.05) is 34.6 Å². The summed E-state index contributed by atoms with van der Waals surface area (Å²) in [6, 6.07) is 4.36. The number of hydrogen-bond donors (Lipinski definition) is 3. The minimum atomic E-state index is -0.697. The zero-order chi connectivity index (χ0) is 26.5. The van der Waals surface area contributed by atoms with Crippen molar-refractivity contribution in [3.05, 3.63) is 41.0 Å². The summed E-state index contributed by atoms with van der Waals surface area (Å²) in [5, 5.41) is 20.3. The topological polar surface area (TPSA) is 115 Å². The summed E-state index contributed by atoms with van der Waals surface area (Å²) in [4.78, 5) is 9.41. The van der Waals surface area contributed by atoms with Crippen LogP contribution in [0.3, 0.4) is 0 Å². The van der Waals surface area contributed by atoms with E-state index in [0.717, 1.165) is 17.5 Å². The smallest absolute Gasteiger partial charge is 0.165 e. The predicted molar refractivity (Wildman–Crippen MR) is 137 cm³/mol. The van der Waals surface area contributed by atoms with Crippen LogP contribution in [0.5, 0.6) is 5.75 Å². The lowest BCUT2D eigenvalue weighted by molar-refractivity contribution is 0.0184. The summed E-state index contributed by atoms with van der Waals surface area (Å²) in [5.74, 6) is 1.31. The van der Waals surface area contributed by atoms with Gasteiger partial charge >= 0.3 is 0 Å². The van der Waals surface area contributed by atoms with Crippen LogP contribution in [0.2, 0.25) is 0 Å². The number of aliphatic hydroxyl groups is 1. The first kappa shape index (κ1) is 27.5. The number of anilines is 1. The molecule has 0 aliphatic carbocycles. The molecule has 3 aromatic rings. The second-order valence-electron chi connectivity index (χ2n) is 9.37. The van der Waals surface area contributed by atoms with Crippen molar-refractivity contribution >= 4 is 5.82 Å². The van der Waals surface area contributed by atoms with Crippen molar-refractivity contribution in [1.82, 2.24) is 20.4 Å². The Morgan fingerprint density at radius 2 is 1.94 bits per heavy atom. The van der Waals surface area contributed by atoms with Gasteiger partial charge in [-0.3, -0.25) is 0 Å². The molecule has 9 nitrogen and oxygen atoms in total. The van der Waals surface area contributed by atoms with Gasteiger partial charge in [-0.25, -0.2) is 14.4 Å². The first-order valence-corrected chi connectivity index (χ1v) is 11.9. The first-order valence-electron chi connectivity index (χ1n) is 11.9. The van der Waals surface area contributed by atoms with E-state index in [2.05, 4.69) is 20.8 Å². The van der Waals surface area contributed by atoms with Crippen LogP contribution in [0.1, 0.15) is 37.3 Å². The van der Waals surface area contributed by atoms with Gasteiger partial charge in [0.1, 0.15) is 35.9 Å². The molecule has 0 bridgehead atoms. The lowest BCUT2D eigenvalue weighted by atomic mass is 10.0. The molecule has 0 fully saturated rings. The Kier molecular flexibility index (Phi) is 8.99. The molecular formula is C26H36FN5O4. The van der Waals surface area contributed by atoms with Crippen LogP contribution in [0.25, 0.3) is 22.6 Å². The van der Waals surface area contributed by atoms with Crippen molar-refractivity contribution in [1.29, 1.82) is 0 Å². The van der Waals surface area contributed by atoms with Gasteiger partial charge in [0.15, 0.2) is 5.82 Å². The second kappa shape index (κ2) is 11.8. The van der Waals surface area contributed by atoms with Crippen LogP contribution in [0.4, 0.5) is 10.2 Å². The van der Waals surface area contributed by atoms with Crippen molar-refractivity contribution in [2.24, 2.45) is 0 Å². The van der Waals surface area contributed by atoms with Gasteiger partial charge in [0.25, 0.3) is 0 Å². The van der Waals surface area contributed by atoms with Crippen molar-refractivity contribution in [2.75, 3.05) is 39.2 Å². The van der Waals surface area contributed by atoms with Crippen molar-refractivity contribution in [3.8, 4) is 28.4 Å². The van der Waals surface area contributed by atoms with E-state index in [9.17, 15) is 5.11 Å². The van der Waals surface area contributed by atoms with Gasteiger partial charge in [-0.1, -0.05) is 5.16 Å². The Hall–Kier alpha value is -3.08. The quantitative estimate of drug-likeness (QED) is 0.338. The predicted octanol–water partition coefficient (Wildman–Crippen LogP) is 4.05. The highest BCUT2D eigenvalue weighted by molar-refractivity contribution is 5.74. The highest BCUT2D eigenvalue weighted by atomic mass is 19.1. The highest BCUT2D eigenvalue weighted by Crippen LogP contribution is 2.34. The third kappa shape index (κ3) is 6.57. The molecule has 196 valence electrons. The fourth-order valence-electron chi connectivity index (χ4n) is 3.71. The Bertz CT molecular complexity index is 1160. The molecule has 1 aromatic carbocycles. The maximum Gasteiger partial charge on any atom is 0.165 e. The molecular weight excluding hydrogens is 465 g/mol. The monoisotopic (exact) mass is 501 g/mol. The summed E-state index contributed by atoms with van der Waals surface area (Å²) >= 11 is 0. The molecule has 0 aliphatic heterocycles. The molecule has 0 amide bonds. The minimum Gasteiger partial charge on any atom is -0.491 e. The Morgan fingerprint density at radius 1 is 1.19 bits per heavy atom. The maximum atomic E-state index is 15.0. The number of benzene rings is 1. The first-order chi connectivity index (χ1) is 17.1. The molecule has 36 heavy (non-hydrogen) atoms. The lowest BCUT2D eigenvalue weighted by Gasteiger charge is -2.23. The van der Waals surface area contributed by atoms with Crippen molar-refractivity contribution < 1.29 is 23.5 Å². The molecule has 3 rings (SSSR count). The number of aryl methyl sites for hydroxylation is 2. The van der Waals surface area contributed by atoms with Crippen LogP contribution >= 0.6 is 0 Å². The average Bonchev–Trinajstić information content (AvgIpc) is 3.17. The zero-order valence-corrected chi connectivity index (χ0v) is 22.0. The van der Waals surface area contributed by atoms with Crippen molar-refractivity contribution in [3.63, 3.8) is 0 Å². The Balaban J connectivity index is 2.04. The van der Waals surface area contributed by atoms with Gasteiger partial charge in [0.05, 0.1) is 28.1 Å². The van der Waals surface area contributed by atoms with Crippen LogP contribution in [-0.4, -0.2) is 65.8 Å². The van der Waals surface area contributed by atoms with Crippen LogP contribution in [0.15, 0.2) is 22.7 Å². The number of aromatic nitrogens is 3. The summed E-state index contributed by atoms with van der Waals surface area (Å²) in [7, 11) is 3.42. The van der Waals surface area contributed by atoms with Crippen LogP contribution in [0, 0.1) is 26.6 Å². The van der Waals surface area contributed by atoms with Crippen LogP contribution < -0.4 is 15.4 Å². The number of ether oxygens (including phenoxy) is 2. The molecule has 10 heteroatoms. The minimum absolute atomic E-state index is 0.0626. The second-order valence-corrected chi connectivity index (χ2v) is 9.37. The number of hydrogen-bond acceptors (Lipinski definition) is 9. The summed E-state index contributed by atoms with van der Waals surface area (Å²) in [6.45, 7) is 10.6. The molecule has 0 spiro atoms. The molecule has 0 radical (unpaired) electrons. The highest BCUT2D eigenvalue weighted by Gasteiger charge is 2.22. The van der Waals surface area contributed by atoms with E-state index in [0.29, 0.717) is 41.8 Å². The van der Waals surface area contributed by atoms with E-state index in [1.54, 1.807) is 20.2 Å². The van der Waals surface area contributed by atoms with Gasteiger partial charge in [0, 0.05) is 25.8 Å². The number of nitrogens with zero attached hydrogens (tertiary/aromatic N) is 3. The van der Waals surface area contributed by atoms with E-state index in [1.165, 1.54) is 12.1 Å². The summed E-state index contributed by atoms with van der Waals surface area (Å²) in [5.41, 5.74) is 2.72. The Labute approximate surface area is 211 Å². The average molecular weight is 502 g/mol. The molecule has 0 aliphatic rings. The molecule has 1 unspecified atom stereocenters. The number of methoxy groups -OCH3 is 1. The van der Waals surface area contributed by atoms with Gasteiger partial charge in [0.2, 0.25) is 0 Å². The van der Waals surface area contributed by atoms with Crippen molar-refractivity contribution in [2.45, 2.75) is 52.7 Å². The molecule has 0 saturated carbocycles. The lowest BCUT2D eigenvalue weighted by Crippen LogP contribution is -2.29. The number of halogens is 1. The largest absolute Gasteiger partial charge is 0.491 e. The number of aliphatic hydroxyl groups excluding tert-OH is 1. The van der Waals surface area contributed by atoms with E-state index in [-0.39, 0.29) is 23.6 Å². The Morgan fingerprint density at radius 3 is 2.58 bits per heavy atom. The normalized spacial score (nSPS) is 12.6. The maximum absolute atomic E-state index is 15.0. The van der Waals surface area contributed by atoms with Gasteiger partial charge < -0.3 is 29.7 Å². The zero-order valence-electron chi connectivity index (χ0n) is 22.0. The van der Waals surface area contributed by atoms with E-state index >= 15 is 4.39 Å². The molecule has 2 heterocycles. The van der Waals surface area contributed by atoms with E-state index < -0.39 is 11.9 Å². The fraction of sp³-hybridized carbons (Fsp3) is 0.500. The van der Waals surface area contributed by atoms with Crippen LogP contribution in [-0.2, 0) is 4.74 Å². The number of likely N-dealkylation sites (N-methyl/N-ethyl adjacent to an activating group) is 1. The van der Waals surface area contributed by atoms with Gasteiger partial charge in [-0.15, -0.1) is 0 Å². The molecule has 3 N–H and O–H groups in total. The summed E-state index contributed by atoms with van der Waals surface area (Å²) in [6.07, 6.45) is 0.0349. The fourth-order valence-corrected chi connectivity index (χ4v) is 3.71. The number of nitrogens with one attached hydrogen (secondary N) is 2. The third-order valence-electron chi connectivity index (χ3n) is 6.05.